The van der Waals surface area contributed by atoms with Crippen LogP contribution >= 0.6 is 12.4 Å². The molecule has 3 rings (SSSR count). The van der Waals surface area contributed by atoms with E-state index in [2.05, 4.69) is 4.98 Å². The lowest BCUT2D eigenvalue weighted by atomic mass is 10.00. The lowest BCUT2D eigenvalue weighted by molar-refractivity contribution is -0.141. The van der Waals surface area contributed by atoms with Crippen molar-refractivity contribution in [3.05, 3.63) is 47.2 Å². The second kappa shape index (κ2) is 8.66. The van der Waals surface area contributed by atoms with Gasteiger partial charge in [-0.1, -0.05) is 6.07 Å². The van der Waals surface area contributed by atoms with E-state index in [1.54, 1.807) is 6.07 Å². The van der Waals surface area contributed by atoms with Gasteiger partial charge < -0.3 is 20.5 Å². The first-order valence-electron chi connectivity index (χ1n) is 8.29. The number of ether oxygens (including phenoxy) is 1. The minimum Gasteiger partial charge on any atom is -0.480 e. The highest BCUT2D eigenvalue weighted by molar-refractivity contribution is 6.00. The topological polar surface area (TPSA) is 106 Å². The van der Waals surface area contributed by atoms with Gasteiger partial charge in [0.1, 0.15) is 18.0 Å². The normalized spacial score (nSPS) is 13.5. The molecule has 1 amide bonds. The van der Waals surface area contributed by atoms with E-state index in [-0.39, 0.29) is 54.9 Å². The van der Waals surface area contributed by atoms with Crippen LogP contribution in [-0.4, -0.2) is 28.5 Å². The third-order valence-corrected chi connectivity index (χ3v) is 4.18. The zero-order valence-corrected chi connectivity index (χ0v) is 15.7. The number of amides is 1. The molecule has 0 radical (unpaired) electrons. The number of rotatable bonds is 5. The molecule has 0 aliphatic carbocycles. The largest absolute Gasteiger partial charge is 0.480 e. The Morgan fingerprint density at radius 1 is 1.28 bits per heavy atom. The van der Waals surface area contributed by atoms with Crippen molar-refractivity contribution in [2.75, 3.05) is 11.4 Å². The number of alkyl halides is 3. The van der Waals surface area contributed by atoms with E-state index >= 15 is 0 Å². The van der Waals surface area contributed by atoms with Gasteiger partial charge in [-0.25, -0.2) is 4.98 Å². The second-order valence-corrected chi connectivity index (χ2v) is 6.13. The van der Waals surface area contributed by atoms with Crippen molar-refractivity contribution in [3.63, 3.8) is 0 Å². The van der Waals surface area contributed by atoms with E-state index < -0.39 is 24.4 Å². The third-order valence-electron chi connectivity index (χ3n) is 4.18. The number of nitrogens with two attached hydrogens (primary N) is 1. The van der Waals surface area contributed by atoms with Gasteiger partial charge in [-0.05, 0) is 30.2 Å². The van der Waals surface area contributed by atoms with Gasteiger partial charge in [0, 0.05) is 24.6 Å². The number of anilines is 1. The molecule has 2 heterocycles. The maximum atomic E-state index is 13.1. The predicted molar refractivity (Wildman–Crippen MR) is 99.2 cm³/mol. The lowest BCUT2D eigenvalue weighted by Gasteiger charge is -2.29. The van der Waals surface area contributed by atoms with Crippen LogP contribution in [0.4, 0.5) is 18.9 Å². The van der Waals surface area contributed by atoms with Crippen LogP contribution in [0.5, 0.6) is 11.6 Å². The molecular formula is C18H17ClF3N3O4. The SMILES string of the molecule is Cl.NCc1cc(Oc2cccc3c2CCC(=O)N3CC(=O)O)nc(C(F)(F)F)c1. The average molecular weight is 432 g/mol. The minimum absolute atomic E-state index is 0. The molecule has 0 spiro atoms. The standard InChI is InChI=1S/C18H16F3N3O4.ClH/c19-18(20,21)14-6-10(8-22)7-15(23-14)28-13-3-1-2-12-11(13)4-5-16(25)24(12)9-17(26)27;/h1-3,6-7H,4-5,8-9,22H2,(H,26,27);1H. The van der Waals surface area contributed by atoms with E-state index in [0.717, 1.165) is 11.0 Å². The zero-order chi connectivity index (χ0) is 20.5. The molecule has 11 heteroatoms. The van der Waals surface area contributed by atoms with Gasteiger partial charge in [0.25, 0.3) is 0 Å². The van der Waals surface area contributed by atoms with Gasteiger partial charge in [0.15, 0.2) is 0 Å². The van der Waals surface area contributed by atoms with Gasteiger partial charge in [-0.3, -0.25) is 9.59 Å². The Balaban J connectivity index is 0.00000300. The summed E-state index contributed by atoms with van der Waals surface area (Å²) in [5.74, 6) is -1.62. The van der Waals surface area contributed by atoms with Crippen molar-refractivity contribution >= 4 is 30.0 Å². The number of carboxylic acid groups (broad SMARTS) is 1. The molecule has 0 bridgehead atoms. The van der Waals surface area contributed by atoms with Crippen molar-refractivity contribution < 1.29 is 32.6 Å². The maximum absolute atomic E-state index is 13.1. The first-order valence-corrected chi connectivity index (χ1v) is 8.29. The van der Waals surface area contributed by atoms with E-state index in [0.29, 0.717) is 11.3 Å². The van der Waals surface area contributed by atoms with Crippen LogP contribution < -0.4 is 15.4 Å². The van der Waals surface area contributed by atoms with E-state index in [9.17, 15) is 22.8 Å². The van der Waals surface area contributed by atoms with Gasteiger partial charge in [-0.15, -0.1) is 12.4 Å². The molecule has 7 nitrogen and oxygen atoms in total. The Kier molecular flexibility index (Phi) is 6.70. The fourth-order valence-electron chi connectivity index (χ4n) is 2.95. The van der Waals surface area contributed by atoms with Crippen LogP contribution in [0.25, 0.3) is 0 Å². The number of carboxylic acids is 1. The Morgan fingerprint density at radius 3 is 2.62 bits per heavy atom. The molecule has 0 unspecified atom stereocenters. The minimum atomic E-state index is -4.66. The summed E-state index contributed by atoms with van der Waals surface area (Å²) in [5.41, 5.74) is 5.41. The van der Waals surface area contributed by atoms with Crippen LogP contribution in [0, 0.1) is 0 Å². The molecule has 156 valence electrons. The van der Waals surface area contributed by atoms with Gasteiger partial charge >= 0.3 is 12.1 Å². The molecule has 29 heavy (non-hydrogen) atoms. The molecule has 0 saturated heterocycles. The van der Waals surface area contributed by atoms with Crippen molar-refractivity contribution in [3.8, 4) is 11.6 Å². The summed E-state index contributed by atoms with van der Waals surface area (Å²) in [6, 6.07) is 6.77. The Hall–Kier alpha value is -2.85. The number of pyridine rings is 1. The van der Waals surface area contributed by atoms with Crippen LogP contribution in [0.15, 0.2) is 30.3 Å². The van der Waals surface area contributed by atoms with Crippen molar-refractivity contribution in [1.29, 1.82) is 0 Å². The van der Waals surface area contributed by atoms with Gasteiger partial charge in [0.2, 0.25) is 11.8 Å². The quantitative estimate of drug-likeness (QED) is 0.753. The first-order chi connectivity index (χ1) is 13.2. The lowest BCUT2D eigenvalue weighted by Crippen LogP contribution is -2.39. The first kappa shape index (κ1) is 22.4. The molecule has 0 saturated carbocycles. The summed E-state index contributed by atoms with van der Waals surface area (Å²) in [6.07, 6.45) is -4.34. The molecular weight excluding hydrogens is 415 g/mol. The third kappa shape index (κ3) is 4.96. The highest BCUT2D eigenvalue weighted by atomic mass is 35.5. The number of benzene rings is 1. The Labute approximate surface area is 169 Å². The average Bonchev–Trinajstić information content (AvgIpc) is 2.63. The summed E-state index contributed by atoms with van der Waals surface area (Å²) in [5, 5.41) is 9.02. The van der Waals surface area contributed by atoms with E-state index in [4.69, 9.17) is 15.6 Å². The second-order valence-electron chi connectivity index (χ2n) is 6.13. The molecule has 3 N–H and O–H groups in total. The van der Waals surface area contributed by atoms with Crippen molar-refractivity contribution in [2.24, 2.45) is 5.73 Å². The summed E-state index contributed by atoms with van der Waals surface area (Å²) in [6.45, 7) is -0.649. The Morgan fingerprint density at radius 2 is 2.00 bits per heavy atom. The van der Waals surface area contributed by atoms with Crippen molar-refractivity contribution in [2.45, 2.75) is 25.6 Å². The maximum Gasteiger partial charge on any atom is 0.433 e. The van der Waals surface area contributed by atoms with E-state index in [1.807, 2.05) is 0 Å². The number of fused-ring (bicyclic) bond motifs is 1. The molecule has 0 fully saturated rings. The van der Waals surface area contributed by atoms with Crippen LogP contribution in [0.1, 0.15) is 23.2 Å². The zero-order valence-electron chi connectivity index (χ0n) is 14.9. The van der Waals surface area contributed by atoms with E-state index in [1.165, 1.54) is 18.2 Å². The molecule has 1 aromatic carbocycles. The van der Waals surface area contributed by atoms with Crippen LogP contribution in [0.3, 0.4) is 0 Å². The molecule has 1 aliphatic rings. The summed E-state index contributed by atoms with van der Waals surface area (Å²) >= 11 is 0. The number of halogens is 4. The number of aliphatic carboxylic acids is 1. The summed E-state index contributed by atoms with van der Waals surface area (Å²) < 4.78 is 44.8. The number of hydrogen-bond acceptors (Lipinski definition) is 5. The molecule has 1 aliphatic heterocycles. The predicted octanol–water partition coefficient (Wildman–Crippen LogP) is 3.14. The molecule has 0 atom stereocenters. The van der Waals surface area contributed by atoms with Crippen LogP contribution in [-0.2, 0) is 28.7 Å². The monoisotopic (exact) mass is 431 g/mol. The highest BCUT2D eigenvalue weighted by Crippen LogP contribution is 2.37. The fourth-order valence-corrected chi connectivity index (χ4v) is 2.95. The molecule has 1 aromatic heterocycles. The smallest absolute Gasteiger partial charge is 0.433 e. The number of nitrogens with zero attached hydrogens (tertiary/aromatic N) is 2. The number of hydrogen-bond donors (Lipinski definition) is 2. The fraction of sp³-hybridized carbons (Fsp3) is 0.278. The Bertz CT molecular complexity index is 937. The van der Waals surface area contributed by atoms with Crippen LogP contribution in [0.2, 0.25) is 0 Å². The summed E-state index contributed by atoms with van der Waals surface area (Å²) in [7, 11) is 0. The number of carbonyl (C=O) groups excluding carboxylic acids is 1. The molecule has 2 aromatic rings. The van der Waals surface area contributed by atoms with Gasteiger partial charge in [-0.2, -0.15) is 13.2 Å². The number of aromatic nitrogens is 1. The van der Waals surface area contributed by atoms with Gasteiger partial charge in [0.05, 0.1) is 5.69 Å². The highest BCUT2D eigenvalue weighted by Gasteiger charge is 2.34. The summed E-state index contributed by atoms with van der Waals surface area (Å²) in [4.78, 5) is 27.7. The number of carbonyl (C=O) groups is 2. The van der Waals surface area contributed by atoms with Crippen molar-refractivity contribution in [1.82, 2.24) is 4.98 Å².